The van der Waals surface area contributed by atoms with E-state index in [1.807, 2.05) is 18.5 Å². The fourth-order valence-electron chi connectivity index (χ4n) is 3.81. The summed E-state index contributed by atoms with van der Waals surface area (Å²) in [6.45, 7) is 2.67. The van der Waals surface area contributed by atoms with E-state index in [0.717, 1.165) is 22.0 Å². The number of aromatic nitrogens is 1. The summed E-state index contributed by atoms with van der Waals surface area (Å²) in [4.78, 5) is 11.8. The number of benzene rings is 1. The number of aryl methyl sites for hydroxylation is 2. The molecule has 1 heterocycles. The molecule has 4 heteroatoms. The predicted octanol–water partition coefficient (Wildman–Crippen LogP) is 4.00. The van der Waals surface area contributed by atoms with Crippen LogP contribution >= 0.6 is 0 Å². The summed E-state index contributed by atoms with van der Waals surface area (Å²) in [5, 5.41) is 14.3. The maximum Gasteiger partial charge on any atom is 0.352 e. The summed E-state index contributed by atoms with van der Waals surface area (Å²) in [6.07, 6.45) is 7.60. The smallest absolute Gasteiger partial charge is 0.352 e. The zero-order valence-corrected chi connectivity index (χ0v) is 14.1. The first-order chi connectivity index (χ1) is 11.1. The Morgan fingerprint density at radius 1 is 1.26 bits per heavy atom. The number of nitrogens with zero attached hydrogens (tertiary/aromatic N) is 1. The number of aromatic carboxylic acids is 1. The Morgan fingerprint density at radius 2 is 1.96 bits per heavy atom. The number of hydrogen-bond acceptors (Lipinski definition) is 2. The van der Waals surface area contributed by atoms with Gasteiger partial charge in [-0.2, -0.15) is 0 Å². The lowest BCUT2D eigenvalue weighted by Gasteiger charge is -2.16. The lowest BCUT2D eigenvalue weighted by Crippen LogP contribution is -2.28. The van der Waals surface area contributed by atoms with Crippen molar-refractivity contribution in [1.29, 1.82) is 0 Å². The lowest BCUT2D eigenvalue weighted by molar-refractivity contribution is 0.0685. The van der Waals surface area contributed by atoms with E-state index in [-0.39, 0.29) is 0 Å². The number of hydrogen-bond donors (Lipinski definition) is 2. The Kier molecular flexibility index (Phi) is 4.71. The zero-order valence-electron chi connectivity index (χ0n) is 14.1. The van der Waals surface area contributed by atoms with Gasteiger partial charge < -0.3 is 15.0 Å². The van der Waals surface area contributed by atoms with Crippen LogP contribution in [0, 0.1) is 6.92 Å². The van der Waals surface area contributed by atoms with Crippen molar-refractivity contribution in [2.75, 3.05) is 0 Å². The van der Waals surface area contributed by atoms with E-state index in [9.17, 15) is 9.90 Å². The van der Waals surface area contributed by atoms with Gasteiger partial charge in [-0.15, -0.1) is 0 Å². The van der Waals surface area contributed by atoms with Gasteiger partial charge in [-0.1, -0.05) is 37.8 Å². The van der Waals surface area contributed by atoms with Crippen molar-refractivity contribution in [2.24, 2.45) is 7.05 Å². The van der Waals surface area contributed by atoms with Crippen molar-refractivity contribution in [2.45, 2.75) is 58.0 Å². The molecule has 0 aliphatic heterocycles. The van der Waals surface area contributed by atoms with Crippen LogP contribution in [0.15, 0.2) is 18.2 Å². The molecular formula is C19H26N2O2. The molecule has 124 valence electrons. The highest BCUT2D eigenvalue weighted by molar-refractivity contribution is 5.98. The summed E-state index contributed by atoms with van der Waals surface area (Å²) < 4.78 is 1.81. The topological polar surface area (TPSA) is 54.3 Å². The Morgan fingerprint density at radius 3 is 2.61 bits per heavy atom. The molecule has 1 aliphatic carbocycles. The second kappa shape index (κ2) is 6.75. The number of carboxylic acid groups (broad SMARTS) is 1. The molecule has 23 heavy (non-hydrogen) atoms. The molecule has 1 saturated carbocycles. The number of carboxylic acids is 1. The minimum atomic E-state index is -0.848. The van der Waals surface area contributed by atoms with Crippen molar-refractivity contribution in [3.8, 4) is 0 Å². The van der Waals surface area contributed by atoms with Crippen molar-refractivity contribution >= 4 is 16.9 Å². The van der Waals surface area contributed by atoms with Crippen LogP contribution in [0.25, 0.3) is 10.9 Å². The standard InChI is InChI=1S/C19H26N2O2/c1-13-9-10-15-16(12-20-14-7-5-3-4-6-8-14)18(19(22)23)21(2)17(15)11-13/h9-11,14,20H,3-8,12H2,1-2H3,(H,22,23). The first kappa shape index (κ1) is 16.1. The molecule has 0 amide bonds. The van der Waals surface area contributed by atoms with Crippen LogP contribution < -0.4 is 5.32 Å². The van der Waals surface area contributed by atoms with E-state index >= 15 is 0 Å². The van der Waals surface area contributed by atoms with Gasteiger partial charge in [0.1, 0.15) is 5.69 Å². The van der Waals surface area contributed by atoms with Gasteiger partial charge in [-0.05, 0) is 31.4 Å². The van der Waals surface area contributed by atoms with Crippen LogP contribution in [-0.2, 0) is 13.6 Å². The van der Waals surface area contributed by atoms with E-state index in [1.165, 1.54) is 38.5 Å². The lowest BCUT2D eigenvalue weighted by atomic mass is 10.1. The van der Waals surface area contributed by atoms with E-state index in [2.05, 4.69) is 23.5 Å². The molecule has 1 aliphatic rings. The van der Waals surface area contributed by atoms with Gasteiger partial charge in [0.05, 0.1) is 0 Å². The molecule has 0 unspecified atom stereocenters. The normalized spacial score (nSPS) is 16.6. The molecule has 1 aromatic carbocycles. The first-order valence-electron chi connectivity index (χ1n) is 8.62. The summed E-state index contributed by atoms with van der Waals surface area (Å²) in [6, 6.07) is 6.70. The second-order valence-electron chi connectivity index (χ2n) is 6.78. The molecule has 0 bridgehead atoms. The summed E-state index contributed by atoms with van der Waals surface area (Å²) in [7, 11) is 1.85. The second-order valence-corrected chi connectivity index (χ2v) is 6.78. The molecule has 3 rings (SSSR count). The number of fused-ring (bicyclic) bond motifs is 1. The molecule has 4 nitrogen and oxygen atoms in total. The van der Waals surface area contributed by atoms with Crippen molar-refractivity contribution in [3.05, 3.63) is 35.0 Å². The van der Waals surface area contributed by atoms with Gasteiger partial charge in [-0.3, -0.25) is 0 Å². The molecule has 1 fully saturated rings. The van der Waals surface area contributed by atoms with Gasteiger partial charge in [-0.25, -0.2) is 4.79 Å². The molecular weight excluding hydrogens is 288 g/mol. The van der Waals surface area contributed by atoms with Gasteiger partial charge in [0.2, 0.25) is 0 Å². The third-order valence-electron chi connectivity index (χ3n) is 5.09. The highest BCUT2D eigenvalue weighted by Gasteiger charge is 2.21. The van der Waals surface area contributed by atoms with Crippen LogP contribution in [-0.4, -0.2) is 21.7 Å². The maximum absolute atomic E-state index is 11.8. The summed E-state index contributed by atoms with van der Waals surface area (Å²) in [5.41, 5.74) is 3.48. The molecule has 0 saturated heterocycles. The van der Waals surface area contributed by atoms with Gasteiger partial charge in [0.25, 0.3) is 0 Å². The average Bonchev–Trinajstić information content (AvgIpc) is 2.69. The number of nitrogens with one attached hydrogen (secondary N) is 1. The molecule has 2 aromatic rings. The highest BCUT2D eigenvalue weighted by Crippen LogP contribution is 2.27. The third kappa shape index (κ3) is 3.27. The largest absolute Gasteiger partial charge is 0.477 e. The minimum Gasteiger partial charge on any atom is -0.477 e. The molecule has 2 N–H and O–H groups in total. The van der Waals surface area contributed by atoms with Crippen LogP contribution in [0.3, 0.4) is 0 Å². The van der Waals surface area contributed by atoms with Crippen LogP contribution in [0.2, 0.25) is 0 Å². The molecule has 0 radical (unpaired) electrons. The number of carbonyl (C=O) groups is 1. The summed E-state index contributed by atoms with van der Waals surface area (Å²) >= 11 is 0. The van der Waals surface area contributed by atoms with Crippen LogP contribution in [0.1, 0.15) is 60.1 Å². The van der Waals surface area contributed by atoms with Crippen molar-refractivity contribution in [1.82, 2.24) is 9.88 Å². The quantitative estimate of drug-likeness (QED) is 0.839. The van der Waals surface area contributed by atoms with Crippen LogP contribution in [0.4, 0.5) is 0 Å². The Bertz CT molecular complexity index is 710. The van der Waals surface area contributed by atoms with E-state index in [0.29, 0.717) is 18.3 Å². The maximum atomic E-state index is 11.8. The monoisotopic (exact) mass is 314 g/mol. The van der Waals surface area contributed by atoms with Gasteiger partial charge >= 0.3 is 5.97 Å². The van der Waals surface area contributed by atoms with Crippen LogP contribution in [0.5, 0.6) is 0 Å². The summed E-state index contributed by atoms with van der Waals surface area (Å²) in [5.74, 6) is -0.848. The SMILES string of the molecule is Cc1ccc2c(CNC3CCCCCC3)c(C(=O)O)n(C)c2c1. The zero-order chi connectivity index (χ0) is 16.4. The average molecular weight is 314 g/mol. The van der Waals surface area contributed by atoms with E-state index in [4.69, 9.17) is 0 Å². The first-order valence-corrected chi connectivity index (χ1v) is 8.62. The molecule has 1 aromatic heterocycles. The van der Waals surface area contributed by atoms with Crippen molar-refractivity contribution < 1.29 is 9.90 Å². The highest BCUT2D eigenvalue weighted by atomic mass is 16.4. The number of rotatable bonds is 4. The van der Waals surface area contributed by atoms with Crippen molar-refractivity contribution in [3.63, 3.8) is 0 Å². The third-order valence-corrected chi connectivity index (χ3v) is 5.09. The molecule has 0 atom stereocenters. The van der Waals surface area contributed by atoms with E-state index < -0.39 is 5.97 Å². The van der Waals surface area contributed by atoms with E-state index in [1.54, 1.807) is 0 Å². The Labute approximate surface area is 137 Å². The predicted molar refractivity (Wildman–Crippen MR) is 92.9 cm³/mol. The van der Waals surface area contributed by atoms with Gasteiger partial charge in [0, 0.05) is 36.1 Å². The Balaban J connectivity index is 1.92. The fourth-order valence-corrected chi connectivity index (χ4v) is 3.81. The Hall–Kier alpha value is -1.81. The van der Waals surface area contributed by atoms with Gasteiger partial charge in [0.15, 0.2) is 0 Å². The minimum absolute atomic E-state index is 0.409. The fraction of sp³-hybridized carbons (Fsp3) is 0.526. The molecule has 0 spiro atoms.